The van der Waals surface area contributed by atoms with Gasteiger partial charge in [0.05, 0.1) is 20.0 Å². The number of methoxy groups -OCH3 is 1. The Kier molecular flexibility index (Phi) is 3.26. The van der Waals surface area contributed by atoms with E-state index in [4.69, 9.17) is 14.6 Å². The molecule has 0 unspecified atom stereocenters. The lowest BCUT2D eigenvalue weighted by Gasteiger charge is -2.16. The third kappa shape index (κ3) is 1.83. The number of hydrogen-bond acceptors (Lipinski definition) is 8. The predicted molar refractivity (Wildman–Crippen MR) is 64.9 cm³/mol. The van der Waals surface area contributed by atoms with E-state index in [1.165, 1.54) is 24.3 Å². The summed E-state index contributed by atoms with van der Waals surface area (Å²) < 4.78 is 12.0. The van der Waals surface area contributed by atoms with Gasteiger partial charge in [-0.3, -0.25) is 4.57 Å². The van der Waals surface area contributed by atoms with Gasteiger partial charge in [-0.05, 0) is 0 Å². The van der Waals surface area contributed by atoms with Crippen LogP contribution in [0.4, 0.5) is 0 Å². The molecule has 20 heavy (non-hydrogen) atoms. The standard InChI is InChI=1S/C11H14N4O5/c1-19-10-6-9(12-3-13-10)15(4-14-6)11-8(18)7(17)5(2-16)20-11/h3-5,7-8,11,16-18H,2H2,1H3/t5-,7-,8-,11-/m1/s1. The Morgan fingerprint density at radius 1 is 1.30 bits per heavy atom. The van der Waals surface area contributed by atoms with Gasteiger partial charge in [-0.25, -0.2) is 9.97 Å². The molecule has 0 radical (unpaired) electrons. The maximum Gasteiger partial charge on any atom is 0.245 e. The molecule has 1 aliphatic heterocycles. The molecule has 9 nitrogen and oxygen atoms in total. The Morgan fingerprint density at radius 3 is 2.75 bits per heavy atom. The number of hydrogen-bond donors (Lipinski definition) is 3. The SMILES string of the molecule is COc1ncnc2c1ncn2[C@@H]1O[C@H](CO)[C@@H](O)[C@H]1O. The molecular formula is C11H14N4O5. The van der Waals surface area contributed by atoms with Crippen molar-refractivity contribution in [3.05, 3.63) is 12.7 Å². The van der Waals surface area contributed by atoms with Gasteiger partial charge in [0.2, 0.25) is 5.88 Å². The van der Waals surface area contributed by atoms with Crippen molar-refractivity contribution in [2.24, 2.45) is 0 Å². The van der Waals surface area contributed by atoms with Gasteiger partial charge in [0.25, 0.3) is 0 Å². The van der Waals surface area contributed by atoms with Crippen molar-refractivity contribution < 1.29 is 24.8 Å². The largest absolute Gasteiger partial charge is 0.479 e. The fourth-order valence-electron chi connectivity index (χ4n) is 2.28. The molecule has 1 fully saturated rings. The van der Waals surface area contributed by atoms with Crippen molar-refractivity contribution >= 4 is 11.2 Å². The number of aliphatic hydroxyl groups excluding tert-OH is 3. The summed E-state index contributed by atoms with van der Waals surface area (Å²) in [4.78, 5) is 12.1. The second kappa shape index (κ2) is 4.94. The van der Waals surface area contributed by atoms with Crippen molar-refractivity contribution in [2.45, 2.75) is 24.5 Å². The molecule has 9 heteroatoms. The molecule has 2 aromatic heterocycles. The summed E-state index contributed by atoms with van der Waals surface area (Å²) in [6, 6.07) is 0. The quantitative estimate of drug-likeness (QED) is 0.618. The fraction of sp³-hybridized carbons (Fsp3) is 0.545. The lowest BCUT2D eigenvalue weighted by atomic mass is 10.1. The van der Waals surface area contributed by atoms with Crippen LogP contribution in [0.1, 0.15) is 6.23 Å². The minimum Gasteiger partial charge on any atom is -0.479 e. The van der Waals surface area contributed by atoms with Gasteiger partial charge in [0.15, 0.2) is 17.4 Å². The second-order valence-electron chi connectivity index (χ2n) is 4.44. The molecule has 0 saturated carbocycles. The molecule has 3 heterocycles. The smallest absolute Gasteiger partial charge is 0.245 e. The normalized spacial score (nSPS) is 30.0. The lowest BCUT2D eigenvalue weighted by molar-refractivity contribution is -0.0511. The van der Waals surface area contributed by atoms with Crippen LogP contribution in [-0.4, -0.2) is 66.9 Å². The summed E-state index contributed by atoms with van der Waals surface area (Å²) in [6.45, 7) is -0.389. The molecule has 0 spiro atoms. The van der Waals surface area contributed by atoms with E-state index in [1.807, 2.05) is 0 Å². The van der Waals surface area contributed by atoms with Gasteiger partial charge in [-0.1, -0.05) is 0 Å². The molecule has 1 aliphatic rings. The van der Waals surface area contributed by atoms with Crippen LogP contribution >= 0.6 is 0 Å². The molecular weight excluding hydrogens is 268 g/mol. The number of fused-ring (bicyclic) bond motifs is 1. The maximum absolute atomic E-state index is 10.0. The van der Waals surface area contributed by atoms with Crippen LogP contribution in [0.15, 0.2) is 12.7 Å². The summed E-state index contributed by atoms with van der Waals surface area (Å²) in [5.41, 5.74) is 0.833. The van der Waals surface area contributed by atoms with E-state index in [2.05, 4.69) is 15.0 Å². The van der Waals surface area contributed by atoms with E-state index >= 15 is 0 Å². The molecule has 3 rings (SSSR count). The summed E-state index contributed by atoms with van der Waals surface area (Å²) in [5, 5.41) is 28.9. The number of aromatic nitrogens is 4. The van der Waals surface area contributed by atoms with Gasteiger partial charge < -0.3 is 24.8 Å². The fourth-order valence-corrected chi connectivity index (χ4v) is 2.28. The maximum atomic E-state index is 10.0. The zero-order valence-corrected chi connectivity index (χ0v) is 10.6. The molecule has 3 N–H and O–H groups in total. The van der Waals surface area contributed by atoms with Crippen LogP contribution in [0, 0.1) is 0 Å². The highest BCUT2D eigenvalue weighted by Gasteiger charge is 2.44. The highest BCUT2D eigenvalue weighted by molar-refractivity contribution is 5.76. The number of ether oxygens (including phenoxy) is 2. The monoisotopic (exact) mass is 282 g/mol. The van der Waals surface area contributed by atoms with Crippen LogP contribution < -0.4 is 4.74 Å². The number of aliphatic hydroxyl groups is 3. The molecule has 4 atom stereocenters. The van der Waals surface area contributed by atoms with E-state index in [0.717, 1.165) is 0 Å². The van der Waals surface area contributed by atoms with Crippen molar-refractivity contribution in [3.8, 4) is 5.88 Å². The molecule has 2 aromatic rings. The van der Waals surface area contributed by atoms with Crippen molar-refractivity contribution in [1.82, 2.24) is 19.5 Å². The highest BCUT2D eigenvalue weighted by atomic mass is 16.6. The molecule has 108 valence electrons. The van der Waals surface area contributed by atoms with Gasteiger partial charge in [0.1, 0.15) is 24.6 Å². The predicted octanol–water partition coefficient (Wildman–Crippen LogP) is -1.55. The average Bonchev–Trinajstić information content (AvgIpc) is 3.01. The van der Waals surface area contributed by atoms with Crippen molar-refractivity contribution in [2.75, 3.05) is 13.7 Å². The highest BCUT2D eigenvalue weighted by Crippen LogP contribution is 2.32. The first-order valence-electron chi connectivity index (χ1n) is 6.01. The zero-order valence-electron chi connectivity index (χ0n) is 10.6. The van der Waals surface area contributed by atoms with E-state index in [-0.39, 0.29) is 6.61 Å². The summed E-state index contributed by atoms with van der Waals surface area (Å²) in [6.07, 6.45) is -1.37. The Hall–Kier alpha value is -1.81. The van der Waals surface area contributed by atoms with Crippen LogP contribution in [0.2, 0.25) is 0 Å². The third-order valence-electron chi connectivity index (χ3n) is 3.31. The second-order valence-corrected chi connectivity index (χ2v) is 4.44. The van der Waals surface area contributed by atoms with E-state index < -0.39 is 24.5 Å². The van der Waals surface area contributed by atoms with Crippen LogP contribution in [0.5, 0.6) is 5.88 Å². The Bertz CT molecular complexity index is 618. The Morgan fingerprint density at radius 2 is 2.10 bits per heavy atom. The first-order chi connectivity index (χ1) is 9.67. The number of nitrogens with zero attached hydrogens (tertiary/aromatic N) is 4. The van der Waals surface area contributed by atoms with Gasteiger partial charge in [-0.2, -0.15) is 4.98 Å². The molecule has 1 saturated heterocycles. The molecule has 0 aromatic carbocycles. The minimum absolute atomic E-state index is 0.306. The summed E-state index contributed by atoms with van der Waals surface area (Å²) >= 11 is 0. The number of imidazole rings is 1. The topological polar surface area (TPSA) is 123 Å². The van der Waals surface area contributed by atoms with Crippen LogP contribution in [0.3, 0.4) is 0 Å². The Labute approximate surface area is 113 Å². The first kappa shape index (κ1) is 13.2. The number of rotatable bonds is 3. The van der Waals surface area contributed by atoms with E-state index in [0.29, 0.717) is 17.0 Å². The third-order valence-corrected chi connectivity index (χ3v) is 3.31. The lowest BCUT2D eigenvalue weighted by Crippen LogP contribution is -2.33. The molecule has 0 amide bonds. The Balaban J connectivity index is 2.03. The van der Waals surface area contributed by atoms with Crippen molar-refractivity contribution in [3.63, 3.8) is 0 Å². The van der Waals surface area contributed by atoms with Crippen LogP contribution in [-0.2, 0) is 4.74 Å². The van der Waals surface area contributed by atoms with Gasteiger partial charge in [0, 0.05) is 0 Å². The average molecular weight is 282 g/mol. The summed E-state index contributed by atoms with van der Waals surface area (Å²) in [7, 11) is 1.47. The zero-order chi connectivity index (χ0) is 14.3. The first-order valence-corrected chi connectivity index (χ1v) is 6.01. The van der Waals surface area contributed by atoms with E-state index in [9.17, 15) is 10.2 Å². The van der Waals surface area contributed by atoms with Crippen LogP contribution in [0.25, 0.3) is 11.2 Å². The van der Waals surface area contributed by atoms with Crippen molar-refractivity contribution in [1.29, 1.82) is 0 Å². The van der Waals surface area contributed by atoms with E-state index in [1.54, 1.807) is 0 Å². The summed E-state index contributed by atoms with van der Waals surface area (Å²) in [5.74, 6) is 0.306. The van der Waals surface area contributed by atoms with Gasteiger partial charge >= 0.3 is 0 Å². The molecule has 0 bridgehead atoms. The minimum atomic E-state index is -1.19. The molecule has 0 aliphatic carbocycles. The van der Waals surface area contributed by atoms with Gasteiger partial charge in [-0.15, -0.1) is 0 Å².